The molecule has 1 aliphatic rings. The summed E-state index contributed by atoms with van der Waals surface area (Å²) in [5, 5.41) is 17.4. The van der Waals surface area contributed by atoms with Gasteiger partial charge in [-0.15, -0.1) is 0 Å². The molecule has 2 rings (SSSR count). The molecule has 0 bridgehead atoms. The Labute approximate surface area is 139 Å². The molecular formula is C17H17FN4O2. The maximum atomic E-state index is 13.0. The lowest BCUT2D eigenvalue weighted by molar-refractivity contribution is -0.135. The molecular weight excluding hydrogens is 311 g/mol. The number of anilines is 1. The van der Waals surface area contributed by atoms with Crippen LogP contribution in [0.25, 0.3) is 0 Å². The molecule has 0 aromatic heterocycles. The molecule has 0 aliphatic carbocycles. The first-order valence-corrected chi connectivity index (χ1v) is 7.65. The first-order valence-electron chi connectivity index (χ1n) is 7.65. The van der Waals surface area contributed by atoms with Crippen molar-refractivity contribution < 1.29 is 14.0 Å². The third kappa shape index (κ3) is 4.08. The monoisotopic (exact) mass is 328 g/mol. The summed E-state index contributed by atoms with van der Waals surface area (Å²) in [5.74, 6) is -1.32. The summed E-state index contributed by atoms with van der Waals surface area (Å²) in [6.07, 6.45) is 0.435. The summed E-state index contributed by atoms with van der Waals surface area (Å²) >= 11 is 0. The van der Waals surface area contributed by atoms with Crippen LogP contribution in [0.1, 0.15) is 19.3 Å². The van der Waals surface area contributed by atoms with Crippen LogP contribution in [0.5, 0.6) is 0 Å². The highest BCUT2D eigenvalue weighted by Gasteiger charge is 2.37. The van der Waals surface area contributed by atoms with Gasteiger partial charge in [-0.05, 0) is 24.3 Å². The van der Waals surface area contributed by atoms with Crippen LogP contribution >= 0.6 is 0 Å². The van der Waals surface area contributed by atoms with Crippen LogP contribution in [0, 0.1) is 34.4 Å². The molecule has 0 radical (unpaired) electrons. The molecule has 24 heavy (non-hydrogen) atoms. The Hall–Kier alpha value is -2.93. The van der Waals surface area contributed by atoms with Gasteiger partial charge in [0.05, 0.1) is 30.9 Å². The molecule has 7 heteroatoms. The molecule has 0 spiro atoms. The fourth-order valence-electron chi connectivity index (χ4n) is 2.70. The number of halogens is 1. The largest absolute Gasteiger partial charge is 0.340 e. The molecule has 1 atom stereocenters. The second kappa shape index (κ2) is 8.07. The minimum absolute atomic E-state index is 0.0752. The van der Waals surface area contributed by atoms with Crippen LogP contribution in [0.2, 0.25) is 0 Å². The Morgan fingerprint density at radius 3 is 2.33 bits per heavy atom. The lowest BCUT2D eigenvalue weighted by Crippen LogP contribution is -2.38. The molecule has 1 saturated heterocycles. The van der Waals surface area contributed by atoms with Gasteiger partial charge in [-0.3, -0.25) is 9.59 Å². The Bertz CT molecular complexity index is 672. The third-order valence-corrected chi connectivity index (χ3v) is 3.91. The molecule has 1 unspecified atom stereocenters. The van der Waals surface area contributed by atoms with Crippen molar-refractivity contribution in [2.24, 2.45) is 5.92 Å². The Morgan fingerprint density at radius 2 is 1.79 bits per heavy atom. The maximum absolute atomic E-state index is 13.0. The number of nitrogens with zero attached hydrogens (tertiary/aromatic N) is 4. The summed E-state index contributed by atoms with van der Waals surface area (Å²) in [6.45, 7) is 0.718. The maximum Gasteiger partial charge on any atom is 0.228 e. The van der Waals surface area contributed by atoms with E-state index in [0.29, 0.717) is 5.69 Å². The van der Waals surface area contributed by atoms with Crippen molar-refractivity contribution in [3.8, 4) is 12.1 Å². The second-order valence-electron chi connectivity index (χ2n) is 5.52. The molecule has 1 aliphatic heterocycles. The smallest absolute Gasteiger partial charge is 0.228 e. The number of benzene rings is 1. The van der Waals surface area contributed by atoms with Crippen molar-refractivity contribution in [3.63, 3.8) is 0 Å². The summed E-state index contributed by atoms with van der Waals surface area (Å²) in [4.78, 5) is 27.7. The highest BCUT2D eigenvalue weighted by molar-refractivity contribution is 6.00. The fourth-order valence-corrected chi connectivity index (χ4v) is 2.70. The number of carbonyl (C=O) groups is 2. The summed E-state index contributed by atoms with van der Waals surface area (Å²) < 4.78 is 13.0. The normalized spacial score (nSPS) is 16.5. The van der Waals surface area contributed by atoms with E-state index in [1.54, 1.807) is 0 Å². The van der Waals surface area contributed by atoms with Gasteiger partial charge in [0.2, 0.25) is 11.8 Å². The van der Waals surface area contributed by atoms with Gasteiger partial charge >= 0.3 is 0 Å². The summed E-state index contributed by atoms with van der Waals surface area (Å²) in [6, 6.07) is 9.50. The van der Waals surface area contributed by atoms with Crippen molar-refractivity contribution in [1.82, 2.24) is 4.90 Å². The quantitative estimate of drug-likeness (QED) is 0.797. The van der Waals surface area contributed by atoms with E-state index >= 15 is 0 Å². The first kappa shape index (κ1) is 17.4. The lowest BCUT2D eigenvalue weighted by Gasteiger charge is -2.24. The fraction of sp³-hybridized carbons (Fsp3) is 0.412. The van der Waals surface area contributed by atoms with Crippen molar-refractivity contribution >= 4 is 17.5 Å². The third-order valence-electron chi connectivity index (χ3n) is 3.91. The molecule has 124 valence electrons. The zero-order valence-electron chi connectivity index (χ0n) is 13.1. The molecule has 1 aromatic rings. The first-order chi connectivity index (χ1) is 11.6. The van der Waals surface area contributed by atoms with E-state index in [0.717, 1.165) is 0 Å². The highest BCUT2D eigenvalue weighted by Crippen LogP contribution is 2.26. The molecule has 2 amide bonds. The average molecular weight is 328 g/mol. The van der Waals surface area contributed by atoms with Crippen LogP contribution < -0.4 is 4.90 Å². The number of carbonyl (C=O) groups excluding carboxylic acids is 2. The van der Waals surface area contributed by atoms with Crippen molar-refractivity contribution in [2.75, 3.05) is 24.5 Å². The van der Waals surface area contributed by atoms with Crippen LogP contribution in [0.4, 0.5) is 10.1 Å². The number of rotatable bonds is 6. The van der Waals surface area contributed by atoms with Crippen LogP contribution in [0.15, 0.2) is 24.3 Å². The van der Waals surface area contributed by atoms with Gasteiger partial charge in [-0.25, -0.2) is 4.39 Å². The van der Waals surface area contributed by atoms with Crippen LogP contribution in [0.3, 0.4) is 0 Å². The predicted molar refractivity (Wildman–Crippen MR) is 83.9 cm³/mol. The van der Waals surface area contributed by atoms with Crippen molar-refractivity contribution in [1.29, 1.82) is 10.5 Å². The second-order valence-corrected chi connectivity index (χ2v) is 5.52. The van der Waals surface area contributed by atoms with E-state index in [1.807, 2.05) is 12.1 Å². The highest BCUT2D eigenvalue weighted by atomic mass is 19.1. The molecule has 1 heterocycles. The minimum atomic E-state index is -0.514. The zero-order chi connectivity index (χ0) is 17.5. The number of hydrogen-bond donors (Lipinski definition) is 0. The average Bonchev–Trinajstić information content (AvgIpc) is 2.97. The van der Waals surface area contributed by atoms with Crippen molar-refractivity contribution in [3.05, 3.63) is 30.1 Å². The summed E-state index contributed by atoms with van der Waals surface area (Å²) in [7, 11) is 0. The van der Waals surface area contributed by atoms with E-state index in [4.69, 9.17) is 10.5 Å². The van der Waals surface area contributed by atoms with Crippen LogP contribution in [-0.4, -0.2) is 36.3 Å². The number of amides is 2. The Balaban J connectivity index is 2.07. The van der Waals surface area contributed by atoms with Gasteiger partial charge in [0.1, 0.15) is 5.82 Å². The molecule has 0 N–H and O–H groups in total. The predicted octanol–water partition coefficient (Wildman–Crippen LogP) is 1.83. The number of hydrogen-bond acceptors (Lipinski definition) is 4. The zero-order valence-corrected chi connectivity index (χ0v) is 13.1. The van der Waals surface area contributed by atoms with E-state index in [1.165, 1.54) is 34.1 Å². The van der Waals surface area contributed by atoms with E-state index in [9.17, 15) is 14.0 Å². The van der Waals surface area contributed by atoms with Gasteiger partial charge in [-0.1, -0.05) is 0 Å². The number of nitriles is 2. The lowest BCUT2D eigenvalue weighted by atomic mass is 10.1. The van der Waals surface area contributed by atoms with Crippen molar-refractivity contribution in [2.45, 2.75) is 19.3 Å². The molecule has 1 aromatic carbocycles. The molecule has 1 fully saturated rings. The standard InChI is InChI=1S/C17H17FN4O2/c18-14-3-5-15(6-4-14)22-12-13(11-16(22)23)17(24)21(9-1-7-19)10-2-8-20/h3-6,13H,1-2,9-12H2. The van der Waals surface area contributed by atoms with Gasteiger partial charge in [0, 0.05) is 31.7 Å². The molecule has 0 saturated carbocycles. The SMILES string of the molecule is N#CCCN(CCC#N)C(=O)C1CC(=O)N(c2ccc(F)cc2)C1. The topological polar surface area (TPSA) is 88.2 Å². The van der Waals surface area contributed by atoms with Gasteiger partial charge < -0.3 is 9.80 Å². The van der Waals surface area contributed by atoms with E-state index in [-0.39, 0.29) is 50.7 Å². The summed E-state index contributed by atoms with van der Waals surface area (Å²) in [5.41, 5.74) is 0.553. The van der Waals surface area contributed by atoms with E-state index in [2.05, 4.69) is 0 Å². The van der Waals surface area contributed by atoms with Crippen LogP contribution in [-0.2, 0) is 9.59 Å². The minimum Gasteiger partial charge on any atom is -0.340 e. The van der Waals surface area contributed by atoms with E-state index < -0.39 is 11.7 Å². The van der Waals surface area contributed by atoms with Gasteiger partial charge in [0.15, 0.2) is 0 Å². The van der Waals surface area contributed by atoms with Gasteiger partial charge in [0.25, 0.3) is 0 Å². The Kier molecular flexibility index (Phi) is 5.86. The van der Waals surface area contributed by atoms with Gasteiger partial charge in [-0.2, -0.15) is 10.5 Å². The molecule has 6 nitrogen and oxygen atoms in total. The Morgan fingerprint density at radius 1 is 1.21 bits per heavy atom.